The summed E-state index contributed by atoms with van der Waals surface area (Å²) in [5, 5.41) is 0. The van der Waals surface area contributed by atoms with Crippen molar-refractivity contribution in [3.05, 3.63) is 88.2 Å². The van der Waals surface area contributed by atoms with Gasteiger partial charge in [-0.1, -0.05) is 74.0 Å². The first-order chi connectivity index (χ1) is 14.4. The molecule has 0 atom stereocenters. The minimum absolute atomic E-state index is 0.220. The van der Waals surface area contributed by atoms with Gasteiger partial charge in [0, 0.05) is 17.8 Å². The summed E-state index contributed by atoms with van der Waals surface area (Å²) in [6.45, 7) is 8.77. The fourth-order valence-electron chi connectivity index (χ4n) is 3.66. The first kappa shape index (κ1) is 21.7. The zero-order valence-electron chi connectivity index (χ0n) is 18.2. The highest BCUT2D eigenvalue weighted by Gasteiger charge is 2.24. The Morgan fingerprint density at radius 3 is 2.30 bits per heavy atom. The van der Waals surface area contributed by atoms with E-state index in [-0.39, 0.29) is 12.6 Å². The second kappa shape index (κ2) is 9.68. The number of pyridine rings is 1. The third-order valence-electron chi connectivity index (χ3n) is 5.13. The van der Waals surface area contributed by atoms with Gasteiger partial charge in [0.05, 0.1) is 11.3 Å². The number of hydrogen-bond donors (Lipinski definition) is 1. The number of carbonyl (C=O) groups excluding carboxylic acids is 1. The molecule has 0 saturated heterocycles. The monoisotopic (exact) mass is 402 g/mol. The molecular weight excluding hydrogens is 372 g/mol. The fourth-order valence-corrected chi connectivity index (χ4v) is 3.66. The van der Waals surface area contributed by atoms with Crippen molar-refractivity contribution < 1.29 is 9.53 Å². The molecule has 1 aromatic heterocycles. The lowest BCUT2D eigenvalue weighted by Gasteiger charge is -2.20. The van der Waals surface area contributed by atoms with E-state index in [9.17, 15) is 4.79 Å². The van der Waals surface area contributed by atoms with E-state index in [1.54, 1.807) is 0 Å². The normalized spacial score (nSPS) is 11.0. The summed E-state index contributed by atoms with van der Waals surface area (Å²) in [6, 6.07) is 17.9. The van der Waals surface area contributed by atoms with Gasteiger partial charge in [-0.2, -0.15) is 0 Å². The molecule has 0 fully saturated rings. The number of benzene rings is 2. The van der Waals surface area contributed by atoms with Crippen molar-refractivity contribution in [3.8, 4) is 11.1 Å². The Morgan fingerprint density at radius 1 is 1.03 bits per heavy atom. The Hall–Kier alpha value is -2.98. The molecule has 30 heavy (non-hydrogen) atoms. The zero-order valence-corrected chi connectivity index (χ0v) is 18.2. The minimum atomic E-state index is -0.370. The molecule has 2 N–H and O–H groups in total. The maximum Gasteiger partial charge on any atom is 0.340 e. The third-order valence-corrected chi connectivity index (χ3v) is 5.13. The summed E-state index contributed by atoms with van der Waals surface area (Å²) in [6.07, 6.45) is 0.811. The maximum atomic E-state index is 13.2. The first-order valence-electron chi connectivity index (χ1n) is 10.4. The smallest absolute Gasteiger partial charge is 0.340 e. The van der Waals surface area contributed by atoms with E-state index in [0.717, 1.165) is 39.9 Å². The molecule has 156 valence electrons. The van der Waals surface area contributed by atoms with Crippen LogP contribution in [-0.4, -0.2) is 11.0 Å². The quantitative estimate of drug-likeness (QED) is 0.539. The van der Waals surface area contributed by atoms with Crippen LogP contribution in [0.2, 0.25) is 0 Å². The molecule has 0 spiro atoms. The van der Waals surface area contributed by atoms with Crippen LogP contribution in [0.1, 0.15) is 52.3 Å². The number of nitrogens with zero attached hydrogens (tertiary/aromatic N) is 1. The Labute approximate surface area is 179 Å². The molecule has 0 saturated carbocycles. The van der Waals surface area contributed by atoms with Crippen LogP contribution in [0.15, 0.2) is 54.6 Å². The van der Waals surface area contributed by atoms with Crippen LogP contribution in [0.25, 0.3) is 11.1 Å². The Kier molecular flexibility index (Phi) is 7.01. The van der Waals surface area contributed by atoms with Crippen molar-refractivity contribution in [3.63, 3.8) is 0 Å². The van der Waals surface area contributed by atoms with Crippen molar-refractivity contribution in [1.29, 1.82) is 0 Å². The highest BCUT2D eigenvalue weighted by molar-refractivity contribution is 5.99. The standard InChI is InChI=1S/C26H30N2O2/c1-17(2)14-23-22(15-27)25(21-12-10-18(3)11-13-21)24(19(4)28-23)26(29)30-16-20-8-6-5-7-9-20/h5-13,17H,14-16,27H2,1-4H3. The Balaban J connectivity index is 2.10. The molecule has 0 aliphatic carbocycles. The number of aromatic nitrogens is 1. The summed E-state index contributed by atoms with van der Waals surface area (Å²) >= 11 is 0. The molecule has 0 aliphatic heterocycles. The van der Waals surface area contributed by atoms with Crippen molar-refractivity contribution in [2.75, 3.05) is 0 Å². The van der Waals surface area contributed by atoms with Crippen LogP contribution in [0.3, 0.4) is 0 Å². The van der Waals surface area contributed by atoms with Gasteiger partial charge in [-0.25, -0.2) is 4.79 Å². The average Bonchev–Trinajstić information content (AvgIpc) is 2.72. The van der Waals surface area contributed by atoms with Gasteiger partial charge < -0.3 is 10.5 Å². The van der Waals surface area contributed by atoms with Crippen molar-refractivity contribution in [2.24, 2.45) is 11.7 Å². The molecule has 0 amide bonds. The van der Waals surface area contributed by atoms with Gasteiger partial charge in [-0.15, -0.1) is 0 Å². The number of aryl methyl sites for hydroxylation is 2. The SMILES string of the molecule is Cc1ccc(-c2c(CN)c(CC(C)C)nc(C)c2C(=O)OCc2ccccc2)cc1. The second-order valence-corrected chi connectivity index (χ2v) is 8.10. The molecule has 2 aromatic carbocycles. The van der Waals surface area contributed by atoms with E-state index in [0.29, 0.717) is 23.7 Å². The Bertz CT molecular complexity index is 1010. The molecule has 3 aromatic rings. The largest absolute Gasteiger partial charge is 0.457 e. The molecule has 4 nitrogen and oxygen atoms in total. The summed E-state index contributed by atoms with van der Waals surface area (Å²) < 4.78 is 5.68. The lowest BCUT2D eigenvalue weighted by atomic mass is 9.90. The van der Waals surface area contributed by atoms with Gasteiger partial charge in [0.15, 0.2) is 0 Å². The minimum Gasteiger partial charge on any atom is -0.457 e. The van der Waals surface area contributed by atoms with Gasteiger partial charge in [0.2, 0.25) is 0 Å². The van der Waals surface area contributed by atoms with Gasteiger partial charge in [0.25, 0.3) is 0 Å². The van der Waals surface area contributed by atoms with Gasteiger partial charge in [0.1, 0.15) is 6.61 Å². The fraction of sp³-hybridized carbons (Fsp3) is 0.308. The van der Waals surface area contributed by atoms with Gasteiger partial charge in [-0.3, -0.25) is 4.98 Å². The summed E-state index contributed by atoms with van der Waals surface area (Å²) in [7, 11) is 0. The number of rotatable bonds is 7. The molecule has 0 unspecified atom stereocenters. The van der Waals surface area contributed by atoms with Crippen LogP contribution in [-0.2, 0) is 24.3 Å². The van der Waals surface area contributed by atoms with Crippen LogP contribution < -0.4 is 5.73 Å². The van der Waals surface area contributed by atoms with E-state index in [4.69, 9.17) is 15.5 Å². The Morgan fingerprint density at radius 2 is 1.70 bits per heavy atom. The third kappa shape index (κ3) is 4.95. The summed E-state index contributed by atoms with van der Waals surface area (Å²) in [4.78, 5) is 18.0. The van der Waals surface area contributed by atoms with E-state index >= 15 is 0 Å². The molecule has 4 heteroatoms. The van der Waals surface area contributed by atoms with Crippen molar-refractivity contribution in [1.82, 2.24) is 4.98 Å². The van der Waals surface area contributed by atoms with Crippen molar-refractivity contribution >= 4 is 5.97 Å². The van der Waals surface area contributed by atoms with Crippen molar-refractivity contribution in [2.45, 2.75) is 47.3 Å². The van der Waals surface area contributed by atoms with Crippen LogP contribution in [0.5, 0.6) is 0 Å². The molecule has 0 radical (unpaired) electrons. The predicted octanol–water partition coefficient (Wildman–Crippen LogP) is 5.38. The highest BCUT2D eigenvalue weighted by atomic mass is 16.5. The highest BCUT2D eigenvalue weighted by Crippen LogP contribution is 2.33. The maximum absolute atomic E-state index is 13.2. The topological polar surface area (TPSA) is 65.2 Å². The predicted molar refractivity (Wildman–Crippen MR) is 121 cm³/mol. The number of hydrogen-bond acceptors (Lipinski definition) is 4. The van der Waals surface area contributed by atoms with Gasteiger partial charge >= 0.3 is 5.97 Å². The molecular formula is C26H30N2O2. The summed E-state index contributed by atoms with van der Waals surface area (Å²) in [5.41, 5.74) is 13.2. The molecule has 0 bridgehead atoms. The molecule has 1 heterocycles. The van der Waals surface area contributed by atoms with E-state index < -0.39 is 0 Å². The number of carbonyl (C=O) groups is 1. The first-order valence-corrected chi connectivity index (χ1v) is 10.4. The molecule has 0 aliphatic rings. The number of esters is 1. The average molecular weight is 403 g/mol. The van der Waals surface area contributed by atoms with E-state index in [1.807, 2.05) is 68.4 Å². The lowest BCUT2D eigenvalue weighted by Crippen LogP contribution is -2.17. The zero-order chi connectivity index (χ0) is 21.7. The number of nitrogens with two attached hydrogens (primary N) is 1. The van der Waals surface area contributed by atoms with Crippen LogP contribution in [0, 0.1) is 19.8 Å². The van der Waals surface area contributed by atoms with E-state index in [1.165, 1.54) is 0 Å². The van der Waals surface area contributed by atoms with Crippen LogP contribution in [0.4, 0.5) is 0 Å². The van der Waals surface area contributed by atoms with Crippen LogP contribution >= 0.6 is 0 Å². The van der Waals surface area contributed by atoms with Gasteiger partial charge in [-0.05, 0) is 42.9 Å². The number of ether oxygens (including phenoxy) is 1. The molecule has 3 rings (SSSR count). The second-order valence-electron chi connectivity index (χ2n) is 8.10. The summed E-state index contributed by atoms with van der Waals surface area (Å²) in [5.74, 6) is 0.0641. The lowest BCUT2D eigenvalue weighted by molar-refractivity contribution is 0.0472. The van der Waals surface area contributed by atoms with E-state index in [2.05, 4.69) is 13.8 Å².